The van der Waals surface area contributed by atoms with Gasteiger partial charge < -0.3 is 14.6 Å². The van der Waals surface area contributed by atoms with Crippen molar-refractivity contribution < 1.29 is 5.11 Å². The molecule has 3 heterocycles. The number of halogens is 1. The highest BCUT2D eigenvalue weighted by molar-refractivity contribution is 9.10. The summed E-state index contributed by atoms with van der Waals surface area (Å²) in [5.41, 5.74) is 2.32. The zero-order valence-corrected chi connectivity index (χ0v) is 18.6. The third-order valence-electron chi connectivity index (χ3n) is 5.75. The van der Waals surface area contributed by atoms with Crippen molar-refractivity contribution in [1.82, 2.24) is 14.5 Å². The van der Waals surface area contributed by atoms with Gasteiger partial charge in [-0.15, -0.1) is 11.3 Å². The van der Waals surface area contributed by atoms with E-state index >= 15 is 0 Å². The van der Waals surface area contributed by atoms with E-state index in [2.05, 4.69) is 77.7 Å². The van der Waals surface area contributed by atoms with Crippen molar-refractivity contribution in [3.8, 4) is 0 Å². The number of benzene rings is 2. The van der Waals surface area contributed by atoms with E-state index in [0.717, 1.165) is 46.8 Å². The van der Waals surface area contributed by atoms with Crippen molar-refractivity contribution in [2.45, 2.75) is 19.2 Å². The molecule has 5 rings (SSSR count). The number of hydrogen-bond donors (Lipinski definition) is 1. The van der Waals surface area contributed by atoms with Crippen LogP contribution in [0, 0.1) is 0 Å². The van der Waals surface area contributed by atoms with E-state index < -0.39 is 6.10 Å². The van der Waals surface area contributed by atoms with Gasteiger partial charge in [0.15, 0.2) is 5.13 Å². The van der Waals surface area contributed by atoms with E-state index in [1.807, 2.05) is 18.5 Å². The van der Waals surface area contributed by atoms with E-state index in [1.165, 1.54) is 10.8 Å². The third kappa shape index (κ3) is 3.36. The monoisotopic (exact) mass is 470 g/mol. The van der Waals surface area contributed by atoms with Crippen molar-refractivity contribution in [2.75, 3.05) is 31.1 Å². The molecule has 2 aromatic heterocycles. The fourth-order valence-electron chi connectivity index (χ4n) is 4.49. The molecule has 1 fully saturated rings. The number of aliphatic hydroxyl groups is 1. The number of aromatic nitrogens is 2. The van der Waals surface area contributed by atoms with Crippen LogP contribution in [0.15, 0.2) is 58.5 Å². The summed E-state index contributed by atoms with van der Waals surface area (Å²) in [6.07, 6.45) is 1.25. The summed E-state index contributed by atoms with van der Waals surface area (Å²) in [5, 5.41) is 16.4. The summed E-state index contributed by atoms with van der Waals surface area (Å²) in [5.74, 6) is 0. The molecular weight excluding hydrogens is 448 g/mol. The second-order valence-corrected chi connectivity index (χ2v) is 9.33. The molecule has 5 nitrogen and oxygen atoms in total. The number of fused-ring (bicyclic) bond motifs is 3. The molecule has 7 heteroatoms. The smallest absolute Gasteiger partial charge is 0.185 e. The first-order valence-electron chi connectivity index (χ1n) is 9.88. The lowest BCUT2D eigenvalue weighted by Gasteiger charge is -2.41. The Labute approximate surface area is 182 Å². The molecule has 1 saturated heterocycles. The van der Waals surface area contributed by atoms with Crippen LogP contribution in [0.2, 0.25) is 0 Å². The molecular formula is C22H23BrN4OS. The molecule has 2 aromatic carbocycles. The molecule has 0 aliphatic carbocycles. The maximum Gasteiger partial charge on any atom is 0.185 e. The predicted octanol–water partition coefficient (Wildman–Crippen LogP) is 4.72. The van der Waals surface area contributed by atoms with Gasteiger partial charge in [-0.25, -0.2) is 4.98 Å². The molecule has 2 unspecified atom stereocenters. The fraction of sp³-hybridized carbons (Fsp3) is 0.318. The molecule has 0 bridgehead atoms. The van der Waals surface area contributed by atoms with Crippen LogP contribution in [0.25, 0.3) is 21.8 Å². The van der Waals surface area contributed by atoms with Gasteiger partial charge in [0.05, 0.1) is 17.1 Å². The zero-order chi connectivity index (χ0) is 20.0. The molecule has 29 heavy (non-hydrogen) atoms. The molecule has 2 atom stereocenters. The standard InChI is InChI=1S/C22H23BrN4OS/c1-15(28)21(25-9-11-26(12-10-25)22-24-8-13-29-22)27-19-5-3-2-4-17(19)18-14-16(23)6-7-20(18)27/h2-8,13-15,21,28H,9-12H2,1H3. The van der Waals surface area contributed by atoms with E-state index in [1.54, 1.807) is 11.3 Å². The van der Waals surface area contributed by atoms with Crippen molar-refractivity contribution in [3.05, 3.63) is 58.5 Å². The van der Waals surface area contributed by atoms with Crippen LogP contribution in [0.5, 0.6) is 0 Å². The minimum atomic E-state index is -0.496. The van der Waals surface area contributed by atoms with E-state index in [9.17, 15) is 5.11 Å². The average Bonchev–Trinajstić information content (AvgIpc) is 3.36. The maximum atomic E-state index is 10.9. The molecule has 0 radical (unpaired) electrons. The number of piperazine rings is 1. The van der Waals surface area contributed by atoms with Gasteiger partial charge in [0.1, 0.15) is 6.17 Å². The highest BCUT2D eigenvalue weighted by Crippen LogP contribution is 2.36. The molecule has 1 aliphatic rings. The number of thiazole rings is 1. The topological polar surface area (TPSA) is 44.5 Å². The molecule has 1 aliphatic heterocycles. The lowest BCUT2D eigenvalue weighted by atomic mass is 10.2. The Hall–Kier alpha value is -1.93. The number of rotatable bonds is 4. The first kappa shape index (κ1) is 19.1. The van der Waals surface area contributed by atoms with Crippen LogP contribution in [0.4, 0.5) is 5.13 Å². The highest BCUT2D eigenvalue weighted by atomic mass is 79.9. The van der Waals surface area contributed by atoms with Gasteiger partial charge in [-0.3, -0.25) is 4.90 Å². The summed E-state index contributed by atoms with van der Waals surface area (Å²) in [4.78, 5) is 9.19. The van der Waals surface area contributed by atoms with Gasteiger partial charge >= 0.3 is 0 Å². The number of para-hydroxylation sites is 1. The molecule has 1 N–H and O–H groups in total. The van der Waals surface area contributed by atoms with E-state index in [4.69, 9.17) is 0 Å². The van der Waals surface area contributed by atoms with Crippen LogP contribution in [-0.4, -0.2) is 51.8 Å². The van der Waals surface area contributed by atoms with Crippen LogP contribution in [-0.2, 0) is 0 Å². The average molecular weight is 471 g/mol. The van der Waals surface area contributed by atoms with Gasteiger partial charge in [-0.1, -0.05) is 34.1 Å². The molecule has 0 saturated carbocycles. The lowest BCUT2D eigenvalue weighted by Crippen LogP contribution is -2.51. The van der Waals surface area contributed by atoms with Crippen LogP contribution < -0.4 is 4.90 Å². The molecule has 150 valence electrons. The Kier molecular flexibility index (Phi) is 5.07. The van der Waals surface area contributed by atoms with Gasteiger partial charge in [-0.05, 0) is 31.2 Å². The third-order valence-corrected chi connectivity index (χ3v) is 7.07. The lowest BCUT2D eigenvalue weighted by molar-refractivity contribution is 0.0194. The Morgan fingerprint density at radius 2 is 1.79 bits per heavy atom. The minimum absolute atomic E-state index is 0.114. The first-order valence-corrected chi connectivity index (χ1v) is 11.6. The van der Waals surface area contributed by atoms with Gasteiger partial charge in [-0.2, -0.15) is 0 Å². The normalized spacial score (nSPS) is 17.8. The summed E-state index contributed by atoms with van der Waals surface area (Å²) >= 11 is 5.30. The Morgan fingerprint density at radius 3 is 2.52 bits per heavy atom. The minimum Gasteiger partial charge on any atom is -0.390 e. The Morgan fingerprint density at radius 1 is 1.03 bits per heavy atom. The zero-order valence-electron chi connectivity index (χ0n) is 16.2. The van der Waals surface area contributed by atoms with E-state index in [0.29, 0.717) is 0 Å². The van der Waals surface area contributed by atoms with Crippen molar-refractivity contribution in [3.63, 3.8) is 0 Å². The van der Waals surface area contributed by atoms with E-state index in [-0.39, 0.29) is 6.17 Å². The highest BCUT2D eigenvalue weighted by Gasteiger charge is 2.31. The quantitative estimate of drug-likeness (QED) is 0.468. The summed E-state index contributed by atoms with van der Waals surface area (Å²) in [7, 11) is 0. The Balaban J connectivity index is 1.56. The second kappa shape index (κ2) is 7.72. The predicted molar refractivity (Wildman–Crippen MR) is 124 cm³/mol. The fourth-order valence-corrected chi connectivity index (χ4v) is 5.55. The molecule has 0 amide bonds. The van der Waals surface area contributed by atoms with Crippen LogP contribution in [0.1, 0.15) is 13.1 Å². The summed E-state index contributed by atoms with van der Waals surface area (Å²) in [6.45, 7) is 5.51. The number of hydrogen-bond acceptors (Lipinski definition) is 5. The van der Waals surface area contributed by atoms with Gasteiger partial charge in [0.2, 0.25) is 0 Å². The molecule has 0 spiro atoms. The number of nitrogens with zero attached hydrogens (tertiary/aromatic N) is 4. The summed E-state index contributed by atoms with van der Waals surface area (Å²) in [6, 6.07) is 14.9. The summed E-state index contributed by atoms with van der Waals surface area (Å²) < 4.78 is 3.39. The molecule has 4 aromatic rings. The van der Waals surface area contributed by atoms with Crippen LogP contribution >= 0.6 is 27.3 Å². The number of anilines is 1. The van der Waals surface area contributed by atoms with Crippen molar-refractivity contribution in [2.24, 2.45) is 0 Å². The van der Waals surface area contributed by atoms with Crippen LogP contribution in [0.3, 0.4) is 0 Å². The SMILES string of the molecule is CC(O)C(N1CCN(c2nccs2)CC1)n1c2ccccc2c2cc(Br)ccc21. The van der Waals surface area contributed by atoms with Crippen molar-refractivity contribution >= 4 is 54.2 Å². The maximum absolute atomic E-state index is 10.9. The van der Waals surface area contributed by atoms with Gasteiger partial charge in [0, 0.05) is 53.0 Å². The first-order chi connectivity index (χ1) is 14.1. The second-order valence-electron chi connectivity index (χ2n) is 7.54. The largest absolute Gasteiger partial charge is 0.390 e. The number of aliphatic hydroxyl groups excluding tert-OH is 1. The Bertz CT molecular complexity index is 1130. The van der Waals surface area contributed by atoms with Gasteiger partial charge in [0.25, 0.3) is 0 Å². The van der Waals surface area contributed by atoms with Crippen molar-refractivity contribution in [1.29, 1.82) is 0 Å².